The molecule has 0 spiro atoms. The molecule has 0 aromatic carbocycles. The van der Waals surface area contributed by atoms with E-state index in [0.717, 1.165) is 23.8 Å². The summed E-state index contributed by atoms with van der Waals surface area (Å²) in [5.74, 6) is 1.18. The summed E-state index contributed by atoms with van der Waals surface area (Å²) in [6, 6.07) is 0.385. The van der Waals surface area contributed by atoms with Crippen LogP contribution in [0.4, 0.5) is 0 Å². The molecule has 1 N–H and O–H groups in total. The first kappa shape index (κ1) is 11.9. The number of nitrogens with zero attached hydrogens (tertiary/aromatic N) is 3. The van der Waals surface area contributed by atoms with E-state index in [0.29, 0.717) is 6.04 Å². The number of nitrogens with one attached hydrogen (secondary N) is 1. The summed E-state index contributed by atoms with van der Waals surface area (Å²) in [4.78, 5) is 10.3. The van der Waals surface area contributed by atoms with Gasteiger partial charge in [-0.2, -0.15) is 0 Å². The Hall–Kier alpha value is -1.20. The number of aryl methyl sites for hydroxylation is 3. The zero-order chi connectivity index (χ0) is 12.5. The number of rotatable bonds is 3. The minimum absolute atomic E-state index is 0.385. The molecule has 1 aliphatic heterocycles. The van der Waals surface area contributed by atoms with E-state index in [2.05, 4.69) is 39.9 Å². The van der Waals surface area contributed by atoms with Crippen LogP contribution in [0.25, 0.3) is 0 Å². The van der Waals surface area contributed by atoms with Crippen molar-refractivity contribution in [2.75, 3.05) is 0 Å². The fraction of sp³-hybridized carbons (Fsp3) is 0.538. The summed E-state index contributed by atoms with van der Waals surface area (Å²) in [5, 5.41) is 4.77. The van der Waals surface area contributed by atoms with Crippen molar-refractivity contribution < 1.29 is 0 Å². The van der Waals surface area contributed by atoms with Crippen molar-refractivity contribution in [1.29, 1.82) is 0 Å². The molecule has 0 amide bonds. The van der Waals surface area contributed by atoms with Gasteiger partial charge in [-0.3, -0.25) is 0 Å². The minimum Gasteiger partial charge on any atom is -0.334 e. The van der Waals surface area contributed by atoms with Gasteiger partial charge in [0.2, 0.25) is 0 Å². The predicted molar refractivity (Wildman–Crippen MR) is 72.6 cm³/mol. The van der Waals surface area contributed by atoms with Gasteiger partial charge in [-0.15, -0.1) is 11.3 Å². The SMILES string of the molecule is Cc1nc(C)c(CNC2CCCn3ccnc32)s1. The summed E-state index contributed by atoms with van der Waals surface area (Å²) in [7, 11) is 0. The first-order chi connectivity index (χ1) is 8.74. The molecule has 0 bridgehead atoms. The third kappa shape index (κ3) is 2.20. The first-order valence-corrected chi connectivity index (χ1v) is 7.23. The molecule has 0 radical (unpaired) electrons. The van der Waals surface area contributed by atoms with Crippen LogP contribution < -0.4 is 5.32 Å². The van der Waals surface area contributed by atoms with Gasteiger partial charge in [-0.1, -0.05) is 0 Å². The summed E-state index contributed by atoms with van der Waals surface area (Å²) < 4.78 is 2.26. The van der Waals surface area contributed by atoms with Crippen LogP contribution >= 0.6 is 11.3 Å². The van der Waals surface area contributed by atoms with Crippen molar-refractivity contribution in [2.24, 2.45) is 0 Å². The molecule has 2 aromatic rings. The maximum Gasteiger partial charge on any atom is 0.125 e. The summed E-state index contributed by atoms with van der Waals surface area (Å²) >= 11 is 1.79. The molecule has 96 valence electrons. The highest BCUT2D eigenvalue weighted by atomic mass is 32.1. The van der Waals surface area contributed by atoms with Gasteiger partial charge in [0.05, 0.1) is 16.7 Å². The predicted octanol–water partition coefficient (Wildman–Crippen LogP) is 2.58. The highest BCUT2D eigenvalue weighted by molar-refractivity contribution is 7.11. The van der Waals surface area contributed by atoms with Crippen molar-refractivity contribution in [2.45, 2.75) is 45.8 Å². The fourth-order valence-corrected chi connectivity index (χ4v) is 3.45. The van der Waals surface area contributed by atoms with Crippen molar-refractivity contribution in [1.82, 2.24) is 19.9 Å². The van der Waals surface area contributed by atoms with Crippen LogP contribution in [0.1, 0.15) is 40.3 Å². The summed E-state index contributed by atoms with van der Waals surface area (Å²) in [6.07, 6.45) is 6.37. The molecule has 5 heteroatoms. The average molecular weight is 262 g/mol. The first-order valence-electron chi connectivity index (χ1n) is 6.41. The van der Waals surface area contributed by atoms with Gasteiger partial charge in [0.1, 0.15) is 5.82 Å². The van der Waals surface area contributed by atoms with Gasteiger partial charge in [0, 0.05) is 30.4 Å². The highest BCUT2D eigenvalue weighted by Crippen LogP contribution is 2.24. The van der Waals surface area contributed by atoms with E-state index in [1.807, 2.05) is 6.20 Å². The van der Waals surface area contributed by atoms with Crippen LogP contribution in [-0.2, 0) is 13.1 Å². The van der Waals surface area contributed by atoms with Crippen LogP contribution in [0.15, 0.2) is 12.4 Å². The third-order valence-corrected chi connectivity index (χ3v) is 4.53. The molecular weight excluding hydrogens is 244 g/mol. The Bertz CT molecular complexity index is 543. The van der Waals surface area contributed by atoms with Crippen LogP contribution in [0, 0.1) is 13.8 Å². The standard InChI is InChI=1S/C13H18N4S/c1-9-12(18-10(2)16-9)8-15-11-4-3-6-17-7-5-14-13(11)17/h5,7,11,15H,3-4,6,8H2,1-2H3. The van der Waals surface area contributed by atoms with Crippen molar-refractivity contribution in [3.63, 3.8) is 0 Å². The minimum atomic E-state index is 0.385. The zero-order valence-electron chi connectivity index (χ0n) is 10.8. The lowest BCUT2D eigenvalue weighted by molar-refractivity contribution is 0.385. The lowest BCUT2D eigenvalue weighted by Gasteiger charge is -2.24. The Morgan fingerprint density at radius 3 is 3.17 bits per heavy atom. The summed E-state index contributed by atoms with van der Waals surface area (Å²) in [6.45, 7) is 6.15. The van der Waals surface area contributed by atoms with Gasteiger partial charge < -0.3 is 9.88 Å². The quantitative estimate of drug-likeness (QED) is 0.924. The number of aromatic nitrogens is 3. The largest absolute Gasteiger partial charge is 0.334 e. The van der Waals surface area contributed by atoms with Gasteiger partial charge in [-0.25, -0.2) is 9.97 Å². The van der Waals surface area contributed by atoms with E-state index < -0.39 is 0 Å². The average Bonchev–Trinajstić information content (AvgIpc) is 2.93. The Kier molecular flexibility index (Phi) is 3.18. The second-order valence-corrected chi connectivity index (χ2v) is 6.08. The van der Waals surface area contributed by atoms with Gasteiger partial charge >= 0.3 is 0 Å². The van der Waals surface area contributed by atoms with Crippen LogP contribution in [0.2, 0.25) is 0 Å². The second-order valence-electron chi connectivity index (χ2n) is 4.80. The normalized spacial score (nSPS) is 18.9. The highest BCUT2D eigenvalue weighted by Gasteiger charge is 2.21. The second kappa shape index (κ2) is 4.82. The lowest BCUT2D eigenvalue weighted by Crippen LogP contribution is -2.27. The Morgan fingerprint density at radius 1 is 1.50 bits per heavy atom. The molecule has 0 aliphatic carbocycles. The maximum absolute atomic E-state index is 4.47. The molecule has 1 atom stereocenters. The molecule has 1 aliphatic rings. The molecular formula is C13H18N4S. The van der Waals surface area contributed by atoms with E-state index in [9.17, 15) is 0 Å². The smallest absolute Gasteiger partial charge is 0.125 e. The van der Waals surface area contributed by atoms with E-state index in [4.69, 9.17) is 0 Å². The van der Waals surface area contributed by atoms with E-state index in [1.165, 1.54) is 23.5 Å². The van der Waals surface area contributed by atoms with Crippen molar-refractivity contribution in [3.05, 3.63) is 33.8 Å². The van der Waals surface area contributed by atoms with Crippen LogP contribution in [0.3, 0.4) is 0 Å². The number of thiazole rings is 1. The van der Waals surface area contributed by atoms with Gasteiger partial charge in [0.25, 0.3) is 0 Å². The molecule has 2 aromatic heterocycles. The molecule has 0 saturated heterocycles. The molecule has 3 rings (SSSR count). The van der Waals surface area contributed by atoms with E-state index in [1.54, 1.807) is 11.3 Å². The fourth-order valence-electron chi connectivity index (χ4n) is 2.56. The molecule has 1 unspecified atom stereocenters. The molecule has 0 saturated carbocycles. The van der Waals surface area contributed by atoms with Gasteiger partial charge in [0.15, 0.2) is 0 Å². The van der Waals surface area contributed by atoms with Crippen molar-refractivity contribution >= 4 is 11.3 Å². The number of hydrogen-bond donors (Lipinski definition) is 1. The van der Waals surface area contributed by atoms with Crippen LogP contribution in [-0.4, -0.2) is 14.5 Å². The maximum atomic E-state index is 4.47. The molecule has 0 fully saturated rings. The topological polar surface area (TPSA) is 42.7 Å². The van der Waals surface area contributed by atoms with Gasteiger partial charge in [-0.05, 0) is 26.7 Å². The Labute approximate surface area is 111 Å². The Morgan fingerprint density at radius 2 is 2.39 bits per heavy atom. The summed E-state index contributed by atoms with van der Waals surface area (Å²) in [5.41, 5.74) is 1.16. The third-order valence-electron chi connectivity index (χ3n) is 3.46. The van der Waals surface area contributed by atoms with Crippen molar-refractivity contribution in [3.8, 4) is 0 Å². The molecule has 18 heavy (non-hydrogen) atoms. The number of hydrogen-bond acceptors (Lipinski definition) is 4. The van der Waals surface area contributed by atoms with Crippen LogP contribution in [0.5, 0.6) is 0 Å². The van der Waals surface area contributed by atoms with E-state index in [-0.39, 0.29) is 0 Å². The monoisotopic (exact) mass is 262 g/mol. The Balaban J connectivity index is 1.70. The van der Waals surface area contributed by atoms with E-state index >= 15 is 0 Å². The number of fused-ring (bicyclic) bond motifs is 1. The molecule has 3 heterocycles. The molecule has 4 nitrogen and oxygen atoms in total. The lowest BCUT2D eigenvalue weighted by atomic mass is 10.1. The number of imidazole rings is 1. The zero-order valence-corrected chi connectivity index (χ0v) is 11.6.